The summed E-state index contributed by atoms with van der Waals surface area (Å²) in [6.45, 7) is 5.41. The van der Waals surface area contributed by atoms with E-state index in [9.17, 15) is 18.3 Å². The standard InChI is InChI=1S/C37H43N3O6S/c1-26-22-40(27(2)25-41)37(42)21-31-20-32(38-47(43,44)34-17-15-33(45-4)16-18-34)14-19-35(31)46-36(26)24-39(3)23-28-10-12-30(13-11-28)29-8-6-5-7-9-29/h5-20,26-27,36,38,41H,21-25H2,1-4H3/t26-,27+,36+/m1/s1. The monoisotopic (exact) mass is 657 g/mol. The smallest absolute Gasteiger partial charge is 0.261 e. The van der Waals surface area contributed by atoms with E-state index in [2.05, 4.69) is 52.9 Å². The van der Waals surface area contributed by atoms with Crippen LogP contribution < -0.4 is 14.2 Å². The third-order valence-electron chi connectivity index (χ3n) is 8.54. The first-order chi connectivity index (χ1) is 22.6. The van der Waals surface area contributed by atoms with Crippen LogP contribution in [0.2, 0.25) is 0 Å². The third kappa shape index (κ3) is 8.51. The quantitative estimate of drug-likeness (QED) is 0.221. The predicted octanol–water partition coefficient (Wildman–Crippen LogP) is 5.44. The van der Waals surface area contributed by atoms with Gasteiger partial charge in [0.1, 0.15) is 17.6 Å². The number of likely N-dealkylation sites (N-methyl/N-ethyl adjacent to an activating group) is 1. The van der Waals surface area contributed by atoms with Crippen LogP contribution in [0.4, 0.5) is 5.69 Å². The Morgan fingerprint density at radius 1 is 1.00 bits per heavy atom. The highest BCUT2D eigenvalue weighted by atomic mass is 32.2. The molecule has 0 saturated heterocycles. The number of hydrogen-bond donors (Lipinski definition) is 2. The maximum atomic E-state index is 13.6. The van der Waals surface area contributed by atoms with Crippen molar-refractivity contribution in [3.63, 3.8) is 0 Å². The normalized spacial score (nSPS) is 17.6. The first-order valence-corrected chi connectivity index (χ1v) is 17.2. The van der Waals surface area contributed by atoms with E-state index in [1.165, 1.54) is 30.4 Å². The molecular formula is C37H43N3O6S. The van der Waals surface area contributed by atoms with Crippen molar-refractivity contribution in [2.75, 3.05) is 38.6 Å². The Kier molecular flexibility index (Phi) is 10.9. The van der Waals surface area contributed by atoms with Crippen molar-refractivity contribution in [3.8, 4) is 22.6 Å². The molecule has 1 amide bonds. The first kappa shape index (κ1) is 34.0. The summed E-state index contributed by atoms with van der Waals surface area (Å²) in [6.07, 6.45) is -0.288. The molecule has 0 unspecified atom stereocenters. The number of methoxy groups -OCH3 is 1. The van der Waals surface area contributed by atoms with Crippen molar-refractivity contribution >= 4 is 21.6 Å². The molecule has 3 atom stereocenters. The molecule has 4 aromatic rings. The van der Waals surface area contributed by atoms with Crippen LogP contribution >= 0.6 is 0 Å². The van der Waals surface area contributed by atoms with Crippen molar-refractivity contribution in [3.05, 3.63) is 108 Å². The number of aliphatic hydroxyl groups excluding tert-OH is 1. The fraction of sp³-hybridized carbons (Fsp3) is 0.324. The summed E-state index contributed by atoms with van der Waals surface area (Å²) < 4.78 is 40.7. The zero-order valence-electron chi connectivity index (χ0n) is 27.3. The van der Waals surface area contributed by atoms with Crippen LogP contribution in [-0.2, 0) is 27.8 Å². The molecule has 10 heteroatoms. The van der Waals surface area contributed by atoms with Crippen LogP contribution in [-0.4, -0.2) is 75.2 Å². The molecular weight excluding hydrogens is 614 g/mol. The maximum Gasteiger partial charge on any atom is 0.261 e. The highest BCUT2D eigenvalue weighted by Crippen LogP contribution is 2.30. The molecule has 1 aliphatic rings. The molecule has 1 heterocycles. The van der Waals surface area contributed by atoms with Crippen LogP contribution in [0.1, 0.15) is 25.0 Å². The third-order valence-corrected chi connectivity index (χ3v) is 9.94. The Bertz CT molecular complexity index is 1750. The van der Waals surface area contributed by atoms with Gasteiger partial charge in [0, 0.05) is 36.8 Å². The molecule has 2 N–H and O–H groups in total. The zero-order chi connectivity index (χ0) is 33.6. The van der Waals surface area contributed by atoms with Gasteiger partial charge in [-0.15, -0.1) is 0 Å². The fourth-order valence-corrected chi connectivity index (χ4v) is 6.85. The Hall–Kier alpha value is -4.38. The summed E-state index contributed by atoms with van der Waals surface area (Å²) in [5.74, 6) is 0.858. The lowest BCUT2D eigenvalue weighted by atomic mass is 10.0. The highest BCUT2D eigenvalue weighted by Gasteiger charge is 2.31. The molecule has 0 bridgehead atoms. The van der Waals surface area contributed by atoms with E-state index >= 15 is 0 Å². The van der Waals surface area contributed by atoms with E-state index in [0.717, 1.165) is 5.56 Å². The number of nitrogens with zero attached hydrogens (tertiary/aromatic N) is 2. The second-order valence-electron chi connectivity index (χ2n) is 12.3. The van der Waals surface area contributed by atoms with Gasteiger partial charge in [-0.25, -0.2) is 8.42 Å². The SMILES string of the molecule is COc1ccc(S(=O)(=O)Nc2ccc3c(c2)CC(=O)N([C@@H](C)CO)C[C@@H](C)[C@H](CN(C)Cc2ccc(-c4ccccc4)cc2)O3)cc1. The Morgan fingerprint density at radius 2 is 1.68 bits per heavy atom. The van der Waals surface area contributed by atoms with Crippen molar-refractivity contribution < 1.29 is 27.8 Å². The number of rotatable bonds is 11. The molecule has 0 aliphatic carbocycles. The molecule has 0 fully saturated rings. The van der Waals surface area contributed by atoms with E-state index in [0.29, 0.717) is 42.4 Å². The van der Waals surface area contributed by atoms with Crippen LogP contribution in [0.25, 0.3) is 11.1 Å². The number of benzene rings is 4. The van der Waals surface area contributed by atoms with Gasteiger partial charge < -0.3 is 19.5 Å². The predicted molar refractivity (Wildman–Crippen MR) is 184 cm³/mol. The maximum absolute atomic E-state index is 13.6. The number of nitrogens with one attached hydrogen (secondary N) is 1. The first-order valence-electron chi connectivity index (χ1n) is 15.8. The molecule has 0 aromatic heterocycles. The fourth-order valence-electron chi connectivity index (χ4n) is 5.80. The molecule has 9 nitrogen and oxygen atoms in total. The average Bonchev–Trinajstić information content (AvgIpc) is 3.12. The van der Waals surface area contributed by atoms with E-state index in [4.69, 9.17) is 9.47 Å². The van der Waals surface area contributed by atoms with Crippen LogP contribution in [0.3, 0.4) is 0 Å². The molecule has 0 saturated carbocycles. The zero-order valence-corrected chi connectivity index (χ0v) is 28.1. The van der Waals surface area contributed by atoms with Gasteiger partial charge in [0.25, 0.3) is 10.0 Å². The highest BCUT2D eigenvalue weighted by molar-refractivity contribution is 7.92. The van der Waals surface area contributed by atoms with Crippen LogP contribution in [0.15, 0.2) is 102 Å². The second kappa shape index (κ2) is 15.0. The summed E-state index contributed by atoms with van der Waals surface area (Å²) in [5.41, 5.74) is 4.39. The van der Waals surface area contributed by atoms with E-state index in [1.54, 1.807) is 35.2 Å². The van der Waals surface area contributed by atoms with Gasteiger partial charge in [0.15, 0.2) is 0 Å². The number of aliphatic hydroxyl groups is 1. The number of carbonyl (C=O) groups is 1. The summed E-state index contributed by atoms with van der Waals surface area (Å²) in [7, 11) is -0.333. The number of amides is 1. The lowest BCUT2D eigenvalue weighted by Crippen LogP contribution is -2.47. The minimum atomic E-state index is -3.90. The molecule has 1 aliphatic heterocycles. The van der Waals surface area contributed by atoms with Crippen LogP contribution in [0.5, 0.6) is 11.5 Å². The van der Waals surface area contributed by atoms with Gasteiger partial charge in [-0.3, -0.25) is 14.4 Å². The molecule has 47 heavy (non-hydrogen) atoms. The van der Waals surface area contributed by atoms with E-state index < -0.39 is 10.0 Å². The molecule has 4 aromatic carbocycles. The van der Waals surface area contributed by atoms with Crippen molar-refractivity contribution in [1.29, 1.82) is 0 Å². The Balaban J connectivity index is 1.37. The van der Waals surface area contributed by atoms with Gasteiger partial charge in [0.2, 0.25) is 5.91 Å². The molecule has 248 valence electrons. The number of anilines is 1. The lowest BCUT2D eigenvalue weighted by molar-refractivity contribution is -0.134. The Morgan fingerprint density at radius 3 is 2.34 bits per heavy atom. The number of carbonyl (C=O) groups excluding carboxylic acids is 1. The van der Waals surface area contributed by atoms with Crippen molar-refractivity contribution in [1.82, 2.24) is 9.80 Å². The van der Waals surface area contributed by atoms with Gasteiger partial charge in [-0.05, 0) is 73.1 Å². The lowest BCUT2D eigenvalue weighted by Gasteiger charge is -2.34. The minimum absolute atomic E-state index is 0.000813. The summed E-state index contributed by atoms with van der Waals surface area (Å²) >= 11 is 0. The van der Waals surface area contributed by atoms with Gasteiger partial charge >= 0.3 is 0 Å². The Labute approximate surface area is 277 Å². The number of ether oxygens (including phenoxy) is 2. The van der Waals surface area contributed by atoms with E-state index in [1.807, 2.05) is 32.2 Å². The number of hydrogen-bond acceptors (Lipinski definition) is 7. The molecule has 0 radical (unpaired) electrons. The molecule has 0 spiro atoms. The van der Waals surface area contributed by atoms with Gasteiger partial charge in [0.05, 0.1) is 31.1 Å². The second-order valence-corrected chi connectivity index (χ2v) is 13.9. The van der Waals surface area contributed by atoms with Gasteiger partial charge in [-0.1, -0.05) is 61.5 Å². The summed E-state index contributed by atoms with van der Waals surface area (Å²) in [5, 5.41) is 9.98. The number of sulfonamides is 1. The van der Waals surface area contributed by atoms with Gasteiger partial charge in [-0.2, -0.15) is 0 Å². The largest absolute Gasteiger partial charge is 0.497 e. The number of fused-ring (bicyclic) bond motifs is 1. The summed E-state index contributed by atoms with van der Waals surface area (Å²) in [6, 6.07) is 29.6. The average molecular weight is 658 g/mol. The van der Waals surface area contributed by atoms with E-state index in [-0.39, 0.29) is 41.9 Å². The van der Waals surface area contributed by atoms with Crippen molar-refractivity contribution in [2.24, 2.45) is 5.92 Å². The van der Waals surface area contributed by atoms with Crippen molar-refractivity contribution in [2.45, 2.75) is 43.9 Å². The molecule has 5 rings (SSSR count). The topological polar surface area (TPSA) is 108 Å². The minimum Gasteiger partial charge on any atom is -0.497 e. The summed E-state index contributed by atoms with van der Waals surface area (Å²) in [4.78, 5) is 17.6. The van der Waals surface area contributed by atoms with Crippen LogP contribution in [0, 0.1) is 5.92 Å².